The van der Waals surface area contributed by atoms with Crippen molar-refractivity contribution >= 4 is 39.8 Å². The Hall–Kier alpha value is -0.0500. The van der Waals surface area contributed by atoms with Crippen LogP contribution in [-0.4, -0.2) is 46.0 Å². The number of aliphatic imine (C=N–C) groups is 1. The zero-order chi connectivity index (χ0) is 15.3. The molecule has 1 saturated carbocycles. The summed E-state index contributed by atoms with van der Waals surface area (Å²) in [6.07, 6.45) is 7.24. The van der Waals surface area contributed by atoms with Crippen molar-refractivity contribution in [3.63, 3.8) is 0 Å². The second-order valence-corrected chi connectivity index (χ2v) is 8.87. The minimum atomic E-state index is -2.79. The van der Waals surface area contributed by atoms with E-state index in [2.05, 4.69) is 22.5 Å². The largest absolute Gasteiger partial charge is 0.356 e. The molecule has 0 aromatic carbocycles. The Balaban J connectivity index is 0.00000242. The highest BCUT2D eigenvalue weighted by Gasteiger charge is 2.32. The molecule has 1 heterocycles. The highest BCUT2D eigenvalue weighted by atomic mass is 127. The van der Waals surface area contributed by atoms with E-state index in [0.29, 0.717) is 23.5 Å². The molecule has 0 bridgehead atoms. The lowest BCUT2D eigenvalue weighted by Gasteiger charge is -2.28. The van der Waals surface area contributed by atoms with E-state index in [1.165, 1.54) is 32.1 Å². The maximum Gasteiger partial charge on any atom is 0.191 e. The average Bonchev–Trinajstić information content (AvgIpc) is 3.06. The van der Waals surface area contributed by atoms with Gasteiger partial charge in [-0.05, 0) is 37.0 Å². The fourth-order valence-electron chi connectivity index (χ4n) is 3.55. The van der Waals surface area contributed by atoms with Gasteiger partial charge in [-0.3, -0.25) is 4.99 Å². The highest BCUT2D eigenvalue weighted by Crippen LogP contribution is 2.40. The zero-order valence-corrected chi connectivity index (χ0v) is 16.9. The zero-order valence-electron chi connectivity index (χ0n) is 13.7. The van der Waals surface area contributed by atoms with Gasteiger partial charge in [-0.2, -0.15) is 0 Å². The summed E-state index contributed by atoms with van der Waals surface area (Å²) < 4.78 is 22.9. The van der Waals surface area contributed by atoms with Gasteiger partial charge >= 0.3 is 0 Å². The van der Waals surface area contributed by atoms with Crippen molar-refractivity contribution in [2.24, 2.45) is 16.3 Å². The van der Waals surface area contributed by atoms with Crippen LogP contribution in [0.4, 0.5) is 0 Å². The Morgan fingerprint density at radius 2 is 1.95 bits per heavy atom. The lowest BCUT2D eigenvalue weighted by Crippen LogP contribution is -2.44. The van der Waals surface area contributed by atoms with Gasteiger partial charge in [0.05, 0.1) is 11.5 Å². The summed E-state index contributed by atoms with van der Waals surface area (Å²) in [6, 6.07) is 0. The predicted octanol–water partition coefficient (Wildman–Crippen LogP) is 2.17. The van der Waals surface area contributed by atoms with Crippen LogP contribution in [0, 0.1) is 11.3 Å². The molecule has 7 heteroatoms. The van der Waals surface area contributed by atoms with Crippen LogP contribution in [0.2, 0.25) is 0 Å². The molecule has 1 unspecified atom stereocenters. The van der Waals surface area contributed by atoms with Gasteiger partial charge in [-0.15, -0.1) is 24.0 Å². The van der Waals surface area contributed by atoms with E-state index in [9.17, 15) is 8.42 Å². The number of halogens is 1. The Morgan fingerprint density at radius 3 is 2.45 bits per heavy atom. The maximum atomic E-state index is 11.5. The fraction of sp³-hybridized carbons (Fsp3) is 0.933. The third-order valence-corrected chi connectivity index (χ3v) is 6.99. The Kier molecular flexibility index (Phi) is 7.91. The second-order valence-electron chi connectivity index (χ2n) is 6.64. The summed E-state index contributed by atoms with van der Waals surface area (Å²) in [7, 11) is -1.02. The average molecular weight is 443 g/mol. The Bertz CT molecular complexity index is 473. The molecular weight excluding hydrogens is 413 g/mol. The van der Waals surface area contributed by atoms with Crippen LogP contribution in [0.1, 0.15) is 45.4 Å². The topological polar surface area (TPSA) is 70.6 Å². The van der Waals surface area contributed by atoms with E-state index in [-0.39, 0.29) is 29.9 Å². The first-order valence-electron chi connectivity index (χ1n) is 8.13. The van der Waals surface area contributed by atoms with Crippen molar-refractivity contribution in [1.29, 1.82) is 0 Å². The van der Waals surface area contributed by atoms with Crippen LogP contribution in [0.3, 0.4) is 0 Å². The molecule has 2 aliphatic rings. The molecule has 1 aliphatic heterocycles. The standard InChI is InChI=1S/C15H29N3O2S.HI/c1-3-15(7-4-5-8-15)12-18-14(16-2)17-10-13-6-9-21(19,20)11-13;/h13H,3-12H2,1-2H3,(H2,16,17,18);1H. The van der Waals surface area contributed by atoms with Gasteiger partial charge in [-0.25, -0.2) is 8.42 Å². The molecule has 1 atom stereocenters. The molecule has 0 aromatic heterocycles. The summed E-state index contributed by atoms with van der Waals surface area (Å²) >= 11 is 0. The summed E-state index contributed by atoms with van der Waals surface area (Å²) in [5, 5.41) is 6.73. The van der Waals surface area contributed by atoms with Crippen LogP contribution in [0.15, 0.2) is 4.99 Å². The van der Waals surface area contributed by atoms with E-state index in [4.69, 9.17) is 0 Å². The molecule has 0 aromatic rings. The summed E-state index contributed by atoms with van der Waals surface area (Å²) in [5.41, 5.74) is 0.425. The summed E-state index contributed by atoms with van der Waals surface area (Å²) in [5.74, 6) is 1.68. The summed E-state index contributed by atoms with van der Waals surface area (Å²) in [6.45, 7) is 3.93. The van der Waals surface area contributed by atoms with Gasteiger partial charge in [0.2, 0.25) is 0 Å². The van der Waals surface area contributed by atoms with Crippen molar-refractivity contribution in [3.8, 4) is 0 Å². The number of nitrogens with one attached hydrogen (secondary N) is 2. The van der Waals surface area contributed by atoms with Crippen LogP contribution in [0.25, 0.3) is 0 Å². The second kappa shape index (κ2) is 8.70. The minimum absolute atomic E-state index is 0. The third kappa shape index (κ3) is 5.54. The third-order valence-electron chi connectivity index (χ3n) is 5.15. The van der Waals surface area contributed by atoms with Crippen molar-refractivity contribution < 1.29 is 8.42 Å². The molecule has 1 aliphatic carbocycles. The van der Waals surface area contributed by atoms with Crippen molar-refractivity contribution in [2.45, 2.75) is 45.4 Å². The molecule has 2 rings (SSSR count). The van der Waals surface area contributed by atoms with Gasteiger partial charge in [0.1, 0.15) is 0 Å². The van der Waals surface area contributed by atoms with Crippen LogP contribution in [-0.2, 0) is 9.84 Å². The molecule has 0 radical (unpaired) electrons. The minimum Gasteiger partial charge on any atom is -0.356 e. The number of hydrogen-bond donors (Lipinski definition) is 2. The van der Waals surface area contributed by atoms with Gasteiger partial charge in [0, 0.05) is 20.1 Å². The van der Waals surface area contributed by atoms with E-state index in [1.807, 2.05) is 0 Å². The first kappa shape index (κ1) is 20.0. The molecule has 0 spiro atoms. The Labute approximate surface area is 152 Å². The number of rotatable bonds is 5. The highest BCUT2D eigenvalue weighted by molar-refractivity contribution is 14.0. The van der Waals surface area contributed by atoms with Gasteiger partial charge < -0.3 is 10.6 Å². The lowest BCUT2D eigenvalue weighted by atomic mass is 9.83. The number of guanidine groups is 1. The van der Waals surface area contributed by atoms with Crippen molar-refractivity contribution in [2.75, 3.05) is 31.6 Å². The van der Waals surface area contributed by atoms with Gasteiger partial charge in [0.15, 0.2) is 15.8 Å². The van der Waals surface area contributed by atoms with Crippen LogP contribution in [0.5, 0.6) is 0 Å². The first-order chi connectivity index (χ1) is 9.99. The van der Waals surface area contributed by atoms with E-state index < -0.39 is 9.84 Å². The maximum absolute atomic E-state index is 11.5. The molecule has 2 fully saturated rings. The number of hydrogen-bond acceptors (Lipinski definition) is 3. The Morgan fingerprint density at radius 1 is 1.27 bits per heavy atom. The quantitative estimate of drug-likeness (QED) is 0.388. The van der Waals surface area contributed by atoms with Crippen LogP contribution < -0.4 is 10.6 Å². The summed E-state index contributed by atoms with van der Waals surface area (Å²) in [4.78, 5) is 4.26. The predicted molar refractivity (Wildman–Crippen MR) is 103 cm³/mol. The number of sulfone groups is 1. The van der Waals surface area contributed by atoms with Crippen molar-refractivity contribution in [1.82, 2.24) is 10.6 Å². The van der Waals surface area contributed by atoms with E-state index in [1.54, 1.807) is 7.05 Å². The smallest absolute Gasteiger partial charge is 0.191 e. The van der Waals surface area contributed by atoms with Gasteiger partial charge in [0.25, 0.3) is 0 Å². The molecule has 1 saturated heterocycles. The van der Waals surface area contributed by atoms with Crippen molar-refractivity contribution in [3.05, 3.63) is 0 Å². The normalized spacial score (nSPS) is 26.5. The monoisotopic (exact) mass is 443 g/mol. The molecule has 130 valence electrons. The molecule has 5 nitrogen and oxygen atoms in total. The number of nitrogens with zero attached hydrogens (tertiary/aromatic N) is 1. The lowest BCUT2D eigenvalue weighted by molar-refractivity contribution is 0.283. The van der Waals surface area contributed by atoms with Crippen LogP contribution >= 0.6 is 24.0 Å². The fourth-order valence-corrected chi connectivity index (χ4v) is 5.41. The molecule has 2 N–H and O–H groups in total. The van der Waals surface area contributed by atoms with Gasteiger partial charge in [-0.1, -0.05) is 19.8 Å². The van der Waals surface area contributed by atoms with E-state index >= 15 is 0 Å². The first-order valence-corrected chi connectivity index (χ1v) is 9.96. The molecule has 22 heavy (non-hydrogen) atoms. The molecular formula is C15H30IN3O2S. The van der Waals surface area contributed by atoms with E-state index in [0.717, 1.165) is 18.9 Å². The molecule has 0 amide bonds. The SMILES string of the molecule is CCC1(CNC(=NC)NCC2CCS(=O)(=O)C2)CCCC1.I.